The number of amides is 1. The molecule has 0 bridgehead atoms. The third-order valence-corrected chi connectivity index (χ3v) is 4.86. The molecule has 0 radical (unpaired) electrons. The van der Waals surface area contributed by atoms with Crippen LogP contribution in [-0.4, -0.2) is 41.5 Å². The van der Waals surface area contributed by atoms with Crippen LogP contribution in [0, 0.1) is 0 Å². The molecule has 2 aromatic rings. The van der Waals surface area contributed by atoms with Crippen molar-refractivity contribution >= 4 is 33.5 Å². The summed E-state index contributed by atoms with van der Waals surface area (Å²) in [5.41, 5.74) is 0.982. The van der Waals surface area contributed by atoms with E-state index in [0.29, 0.717) is 6.54 Å². The molecule has 0 spiro atoms. The molecule has 1 aromatic heterocycles. The summed E-state index contributed by atoms with van der Waals surface area (Å²) in [4.78, 5) is 18.8. The van der Waals surface area contributed by atoms with E-state index in [2.05, 4.69) is 22.1 Å². The predicted molar refractivity (Wildman–Crippen MR) is 91.9 cm³/mol. The van der Waals surface area contributed by atoms with Gasteiger partial charge >= 0.3 is 0 Å². The highest BCUT2D eigenvalue weighted by Gasteiger charge is 2.27. The highest BCUT2D eigenvalue weighted by molar-refractivity contribution is 7.19. The SMILES string of the molecule is CCN(CCNC(=O)C=Cc1nc2ccccc2s1)C1CC1. The fourth-order valence-electron chi connectivity index (χ4n) is 2.53. The highest BCUT2D eigenvalue weighted by Crippen LogP contribution is 2.25. The van der Waals surface area contributed by atoms with E-state index in [4.69, 9.17) is 0 Å². The highest BCUT2D eigenvalue weighted by atomic mass is 32.1. The number of fused-ring (bicyclic) bond motifs is 1. The largest absolute Gasteiger partial charge is 0.351 e. The van der Waals surface area contributed by atoms with Gasteiger partial charge < -0.3 is 5.32 Å². The summed E-state index contributed by atoms with van der Waals surface area (Å²) < 4.78 is 1.14. The van der Waals surface area contributed by atoms with Crippen molar-refractivity contribution in [3.8, 4) is 0 Å². The van der Waals surface area contributed by atoms with Crippen LogP contribution in [0.15, 0.2) is 30.3 Å². The van der Waals surface area contributed by atoms with Gasteiger partial charge in [0, 0.05) is 25.2 Å². The Balaban J connectivity index is 1.48. The number of hydrogen-bond acceptors (Lipinski definition) is 4. The molecule has 1 aliphatic carbocycles. The summed E-state index contributed by atoms with van der Waals surface area (Å²) in [7, 11) is 0. The fraction of sp³-hybridized carbons (Fsp3) is 0.412. The van der Waals surface area contributed by atoms with E-state index >= 15 is 0 Å². The minimum absolute atomic E-state index is 0.0499. The van der Waals surface area contributed by atoms with Gasteiger partial charge in [-0.2, -0.15) is 0 Å². The van der Waals surface area contributed by atoms with Crippen molar-refractivity contribution < 1.29 is 4.79 Å². The number of carbonyl (C=O) groups is 1. The molecule has 1 fully saturated rings. The zero-order chi connectivity index (χ0) is 15.4. The molecule has 4 nitrogen and oxygen atoms in total. The summed E-state index contributed by atoms with van der Waals surface area (Å²) in [5, 5.41) is 3.81. The minimum Gasteiger partial charge on any atom is -0.351 e. The third kappa shape index (κ3) is 3.93. The number of nitrogens with zero attached hydrogens (tertiary/aromatic N) is 2. The number of aromatic nitrogens is 1. The van der Waals surface area contributed by atoms with Crippen LogP contribution in [0.2, 0.25) is 0 Å². The number of para-hydroxylation sites is 1. The van der Waals surface area contributed by atoms with Gasteiger partial charge in [-0.05, 0) is 37.6 Å². The first-order valence-electron chi connectivity index (χ1n) is 7.82. The number of thiazole rings is 1. The Morgan fingerprint density at radius 2 is 2.27 bits per heavy atom. The lowest BCUT2D eigenvalue weighted by molar-refractivity contribution is -0.116. The zero-order valence-corrected chi connectivity index (χ0v) is 13.6. The Bertz CT molecular complexity index is 642. The van der Waals surface area contributed by atoms with Crippen LogP contribution in [0.5, 0.6) is 0 Å². The van der Waals surface area contributed by atoms with Crippen LogP contribution in [0.3, 0.4) is 0 Å². The van der Waals surface area contributed by atoms with Crippen LogP contribution in [-0.2, 0) is 4.79 Å². The predicted octanol–water partition coefficient (Wildman–Crippen LogP) is 2.91. The van der Waals surface area contributed by atoms with Crippen molar-refractivity contribution in [1.82, 2.24) is 15.2 Å². The topological polar surface area (TPSA) is 45.2 Å². The van der Waals surface area contributed by atoms with Crippen molar-refractivity contribution in [3.63, 3.8) is 0 Å². The first kappa shape index (κ1) is 15.2. The molecule has 1 aliphatic rings. The van der Waals surface area contributed by atoms with Crippen molar-refractivity contribution in [2.24, 2.45) is 0 Å². The van der Waals surface area contributed by atoms with Gasteiger partial charge in [0.25, 0.3) is 0 Å². The lowest BCUT2D eigenvalue weighted by atomic mass is 10.3. The molecule has 1 heterocycles. The molecule has 0 saturated heterocycles. The summed E-state index contributed by atoms with van der Waals surface area (Å²) in [6, 6.07) is 8.75. The quantitative estimate of drug-likeness (QED) is 0.799. The van der Waals surface area contributed by atoms with Gasteiger partial charge in [0.05, 0.1) is 10.2 Å². The molecule has 5 heteroatoms. The van der Waals surface area contributed by atoms with Crippen LogP contribution in [0.25, 0.3) is 16.3 Å². The number of hydrogen-bond donors (Lipinski definition) is 1. The van der Waals surface area contributed by atoms with Gasteiger partial charge in [-0.25, -0.2) is 4.98 Å². The Kier molecular flexibility index (Phi) is 4.85. The Morgan fingerprint density at radius 1 is 1.45 bits per heavy atom. The van der Waals surface area contributed by atoms with Crippen LogP contribution >= 0.6 is 11.3 Å². The molecular formula is C17H21N3OS. The van der Waals surface area contributed by atoms with Gasteiger partial charge in [-0.3, -0.25) is 9.69 Å². The molecule has 3 rings (SSSR count). The fourth-order valence-corrected chi connectivity index (χ4v) is 3.40. The van der Waals surface area contributed by atoms with E-state index in [1.807, 2.05) is 24.3 Å². The number of benzene rings is 1. The van der Waals surface area contributed by atoms with Crippen molar-refractivity contribution in [1.29, 1.82) is 0 Å². The second kappa shape index (κ2) is 7.03. The Labute approximate surface area is 134 Å². The summed E-state index contributed by atoms with van der Waals surface area (Å²) in [6.07, 6.45) is 5.97. The second-order valence-corrected chi connectivity index (χ2v) is 6.57. The molecule has 1 amide bonds. The maximum Gasteiger partial charge on any atom is 0.244 e. The van der Waals surface area contributed by atoms with Crippen molar-refractivity contribution in [3.05, 3.63) is 35.3 Å². The number of likely N-dealkylation sites (N-methyl/N-ethyl adjacent to an activating group) is 1. The molecule has 1 aromatic carbocycles. The van der Waals surface area contributed by atoms with Gasteiger partial charge in [0.2, 0.25) is 5.91 Å². The van der Waals surface area contributed by atoms with Crippen molar-refractivity contribution in [2.45, 2.75) is 25.8 Å². The van der Waals surface area contributed by atoms with Crippen LogP contribution in [0.4, 0.5) is 0 Å². The van der Waals surface area contributed by atoms with Crippen LogP contribution < -0.4 is 5.32 Å². The molecule has 0 atom stereocenters. The Hall–Kier alpha value is -1.72. The molecule has 0 aliphatic heterocycles. The average molecular weight is 315 g/mol. The molecule has 0 unspecified atom stereocenters. The summed E-state index contributed by atoms with van der Waals surface area (Å²) in [6.45, 7) is 4.87. The van der Waals surface area contributed by atoms with E-state index in [0.717, 1.165) is 34.4 Å². The van der Waals surface area contributed by atoms with E-state index < -0.39 is 0 Å². The average Bonchev–Trinajstić information content (AvgIpc) is 3.28. The summed E-state index contributed by atoms with van der Waals surface area (Å²) in [5.74, 6) is -0.0499. The molecule has 1 saturated carbocycles. The molecule has 116 valence electrons. The van der Waals surface area contributed by atoms with E-state index in [1.54, 1.807) is 23.5 Å². The zero-order valence-electron chi connectivity index (χ0n) is 12.8. The Morgan fingerprint density at radius 3 is 3.00 bits per heavy atom. The number of nitrogens with one attached hydrogen (secondary N) is 1. The lowest BCUT2D eigenvalue weighted by Crippen LogP contribution is -2.35. The first-order valence-corrected chi connectivity index (χ1v) is 8.63. The third-order valence-electron chi connectivity index (χ3n) is 3.86. The minimum atomic E-state index is -0.0499. The van der Waals surface area contributed by atoms with E-state index in [1.165, 1.54) is 12.8 Å². The van der Waals surface area contributed by atoms with E-state index in [9.17, 15) is 4.79 Å². The maximum atomic E-state index is 11.8. The van der Waals surface area contributed by atoms with Gasteiger partial charge in [-0.15, -0.1) is 11.3 Å². The smallest absolute Gasteiger partial charge is 0.244 e. The monoisotopic (exact) mass is 315 g/mol. The lowest BCUT2D eigenvalue weighted by Gasteiger charge is -2.19. The first-order chi connectivity index (χ1) is 10.8. The standard InChI is InChI=1S/C17H21N3OS/c1-2-20(13-7-8-13)12-11-18-16(21)9-10-17-19-14-5-3-4-6-15(14)22-17/h3-6,9-10,13H,2,7-8,11-12H2,1H3,(H,18,21). The number of rotatable bonds is 7. The summed E-state index contributed by atoms with van der Waals surface area (Å²) >= 11 is 1.60. The van der Waals surface area contributed by atoms with Gasteiger partial charge in [-0.1, -0.05) is 19.1 Å². The molecule has 22 heavy (non-hydrogen) atoms. The maximum absolute atomic E-state index is 11.8. The van der Waals surface area contributed by atoms with Gasteiger partial charge in [0.1, 0.15) is 5.01 Å². The number of carbonyl (C=O) groups excluding carboxylic acids is 1. The van der Waals surface area contributed by atoms with Gasteiger partial charge in [0.15, 0.2) is 0 Å². The molecule has 1 N–H and O–H groups in total. The van der Waals surface area contributed by atoms with Crippen LogP contribution in [0.1, 0.15) is 24.8 Å². The molecular weight excluding hydrogens is 294 g/mol. The normalized spacial score (nSPS) is 15.0. The van der Waals surface area contributed by atoms with Crippen molar-refractivity contribution in [2.75, 3.05) is 19.6 Å². The second-order valence-electron chi connectivity index (χ2n) is 5.50. The van der Waals surface area contributed by atoms with E-state index in [-0.39, 0.29) is 5.91 Å².